The zero-order chi connectivity index (χ0) is 25.9. The lowest BCUT2D eigenvalue weighted by Gasteiger charge is -2.39. The molecule has 3 aromatic carbocycles. The zero-order valence-corrected chi connectivity index (χ0v) is 19.7. The highest BCUT2D eigenvalue weighted by Gasteiger charge is 2.28. The second-order valence-corrected chi connectivity index (χ2v) is 8.83. The van der Waals surface area contributed by atoms with Crippen molar-refractivity contribution in [2.45, 2.75) is 19.1 Å². The average molecular weight is 502 g/mol. The number of aromatic hydroxyl groups is 1. The van der Waals surface area contributed by atoms with Crippen molar-refractivity contribution >= 4 is 11.6 Å². The van der Waals surface area contributed by atoms with E-state index >= 15 is 4.39 Å². The smallest absolute Gasteiger partial charge is 0.405 e. The van der Waals surface area contributed by atoms with Crippen LogP contribution in [0.5, 0.6) is 5.75 Å². The van der Waals surface area contributed by atoms with Crippen LogP contribution in [0, 0.1) is 5.82 Å². The van der Waals surface area contributed by atoms with Gasteiger partial charge in [0.1, 0.15) is 18.1 Å². The summed E-state index contributed by atoms with van der Waals surface area (Å²) in [6, 6.07) is 18.2. The molecule has 0 aliphatic carbocycles. The first kappa shape index (κ1) is 25.5. The van der Waals surface area contributed by atoms with E-state index in [9.17, 15) is 23.1 Å². The fourth-order valence-electron chi connectivity index (χ4n) is 4.40. The predicted octanol–water partition coefficient (Wildman–Crippen LogP) is 5.37. The molecule has 0 radical (unpaired) electrons. The number of benzene rings is 3. The van der Waals surface area contributed by atoms with Crippen LogP contribution >= 0.6 is 0 Å². The van der Waals surface area contributed by atoms with Crippen molar-refractivity contribution in [3.8, 4) is 16.9 Å². The highest BCUT2D eigenvalue weighted by molar-refractivity contribution is 5.94. The van der Waals surface area contributed by atoms with E-state index in [1.807, 2.05) is 24.4 Å². The van der Waals surface area contributed by atoms with Crippen LogP contribution in [0.4, 0.5) is 23.2 Å². The van der Waals surface area contributed by atoms with E-state index in [1.165, 1.54) is 18.2 Å². The number of phenols is 1. The van der Waals surface area contributed by atoms with Crippen LogP contribution in [-0.4, -0.2) is 54.8 Å². The molecular weight excluding hydrogens is 474 g/mol. The minimum Gasteiger partial charge on any atom is -0.508 e. The number of rotatable bonds is 6. The highest BCUT2D eigenvalue weighted by atomic mass is 19.4. The van der Waals surface area contributed by atoms with Gasteiger partial charge in [-0.25, -0.2) is 4.39 Å². The van der Waals surface area contributed by atoms with Crippen LogP contribution in [0.2, 0.25) is 0 Å². The minimum atomic E-state index is -4.46. The molecule has 0 saturated carbocycles. The van der Waals surface area contributed by atoms with E-state index in [1.54, 1.807) is 36.4 Å². The van der Waals surface area contributed by atoms with E-state index in [0.29, 0.717) is 37.3 Å². The molecule has 190 valence electrons. The van der Waals surface area contributed by atoms with Crippen LogP contribution in [0.1, 0.15) is 28.9 Å². The molecule has 1 saturated heterocycles. The first-order valence-electron chi connectivity index (χ1n) is 11.6. The van der Waals surface area contributed by atoms with Gasteiger partial charge in [-0.2, -0.15) is 13.2 Å². The van der Waals surface area contributed by atoms with Gasteiger partial charge in [-0.1, -0.05) is 24.3 Å². The monoisotopic (exact) mass is 501 g/mol. The summed E-state index contributed by atoms with van der Waals surface area (Å²) in [4.78, 5) is 16.2. The largest absolute Gasteiger partial charge is 0.508 e. The maximum Gasteiger partial charge on any atom is 0.405 e. The molecule has 1 aliphatic rings. The third-order valence-corrected chi connectivity index (χ3v) is 6.44. The molecule has 9 heteroatoms. The summed E-state index contributed by atoms with van der Waals surface area (Å²) in [5, 5.41) is 11.6. The maximum atomic E-state index is 15.0. The number of nitrogens with zero attached hydrogens (tertiary/aromatic N) is 2. The third kappa shape index (κ3) is 6.15. The predicted molar refractivity (Wildman–Crippen MR) is 131 cm³/mol. The summed E-state index contributed by atoms with van der Waals surface area (Å²) < 4.78 is 51.9. The van der Waals surface area contributed by atoms with Gasteiger partial charge < -0.3 is 15.3 Å². The van der Waals surface area contributed by atoms with Crippen LogP contribution in [-0.2, 0) is 0 Å². The number of hydrogen-bond donors (Lipinski definition) is 2. The molecule has 4 rings (SSSR count). The summed E-state index contributed by atoms with van der Waals surface area (Å²) in [6.07, 6.45) is -4.46. The lowest BCUT2D eigenvalue weighted by atomic mass is 9.99. The van der Waals surface area contributed by atoms with Gasteiger partial charge in [0.25, 0.3) is 5.91 Å². The number of alkyl halides is 3. The van der Waals surface area contributed by atoms with Crippen LogP contribution < -0.4 is 10.2 Å². The molecule has 2 N–H and O–H groups in total. The molecule has 36 heavy (non-hydrogen) atoms. The fourth-order valence-corrected chi connectivity index (χ4v) is 4.40. The van der Waals surface area contributed by atoms with Crippen molar-refractivity contribution in [2.75, 3.05) is 37.6 Å². The van der Waals surface area contributed by atoms with Crippen molar-refractivity contribution in [3.63, 3.8) is 0 Å². The SMILES string of the molecule is CC(c1ccc(-c2cccc(O)c2)cc1F)N1CCN(c2ccc(C(=O)NCC(F)(F)F)cc2)CC1. The van der Waals surface area contributed by atoms with E-state index < -0.39 is 18.6 Å². The Hall–Kier alpha value is -3.59. The molecule has 0 aromatic heterocycles. The third-order valence-electron chi connectivity index (χ3n) is 6.44. The topological polar surface area (TPSA) is 55.8 Å². The Balaban J connectivity index is 1.35. The van der Waals surface area contributed by atoms with Gasteiger partial charge in [0.05, 0.1) is 0 Å². The second-order valence-electron chi connectivity index (χ2n) is 8.83. The van der Waals surface area contributed by atoms with Crippen LogP contribution in [0.15, 0.2) is 66.7 Å². The van der Waals surface area contributed by atoms with Crippen LogP contribution in [0.25, 0.3) is 11.1 Å². The molecule has 1 atom stereocenters. The van der Waals surface area contributed by atoms with Gasteiger partial charge >= 0.3 is 6.18 Å². The second kappa shape index (κ2) is 10.6. The Morgan fingerprint density at radius 3 is 2.25 bits per heavy atom. The summed E-state index contributed by atoms with van der Waals surface area (Å²) >= 11 is 0. The van der Waals surface area contributed by atoms with Crippen LogP contribution in [0.3, 0.4) is 0 Å². The maximum absolute atomic E-state index is 15.0. The van der Waals surface area contributed by atoms with E-state index in [-0.39, 0.29) is 23.2 Å². The van der Waals surface area contributed by atoms with Gasteiger partial charge in [0.15, 0.2) is 0 Å². The number of piperazine rings is 1. The quantitative estimate of drug-likeness (QED) is 0.446. The normalized spacial score (nSPS) is 15.5. The zero-order valence-electron chi connectivity index (χ0n) is 19.7. The number of hydrogen-bond acceptors (Lipinski definition) is 4. The van der Waals surface area contributed by atoms with Gasteiger partial charge in [0, 0.05) is 49.0 Å². The van der Waals surface area contributed by atoms with Crippen molar-refractivity contribution in [2.24, 2.45) is 0 Å². The number of carbonyl (C=O) groups is 1. The molecular formula is C27H27F4N3O2. The molecule has 1 fully saturated rings. The Kier molecular flexibility index (Phi) is 7.49. The summed E-state index contributed by atoms with van der Waals surface area (Å²) in [6.45, 7) is 3.37. The van der Waals surface area contributed by atoms with Crippen molar-refractivity contribution in [3.05, 3.63) is 83.7 Å². The van der Waals surface area contributed by atoms with E-state index in [0.717, 1.165) is 11.3 Å². The lowest BCUT2D eigenvalue weighted by Crippen LogP contribution is -2.47. The van der Waals surface area contributed by atoms with Crippen molar-refractivity contribution in [1.82, 2.24) is 10.2 Å². The van der Waals surface area contributed by atoms with Gasteiger partial charge in [-0.3, -0.25) is 9.69 Å². The number of halogens is 4. The van der Waals surface area contributed by atoms with Gasteiger partial charge in [0.2, 0.25) is 0 Å². The first-order valence-corrected chi connectivity index (χ1v) is 11.6. The number of amides is 1. The Bertz CT molecular complexity index is 1210. The Labute approximate surface area is 207 Å². The minimum absolute atomic E-state index is 0.127. The molecule has 0 bridgehead atoms. The first-order chi connectivity index (χ1) is 17.1. The molecule has 1 unspecified atom stereocenters. The summed E-state index contributed by atoms with van der Waals surface area (Å²) in [7, 11) is 0. The van der Waals surface area contributed by atoms with Gasteiger partial charge in [-0.15, -0.1) is 0 Å². The molecule has 0 spiro atoms. The summed E-state index contributed by atoms with van der Waals surface area (Å²) in [5.74, 6) is -0.942. The molecule has 1 amide bonds. The molecule has 1 heterocycles. The van der Waals surface area contributed by atoms with Gasteiger partial charge in [-0.05, 0) is 60.5 Å². The Morgan fingerprint density at radius 1 is 0.972 bits per heavy atom. The standard InChI is InChI=1S/C27H27F4N3O2/c1-18(24-10-7-21(16-25(24)28)20-3-2-4-23(35)15-20)33-11-13-34(14-12-33)22-8-5-19(6-9-22)26(36)32-17-27(29,30)31/h2-10,15-16,18,35H,11-14,17H2,1H3,(H,32,36). The Morgan fingerprint density at radius 2 is 1.64 bits per heavy atom. The van der Waals surface area contributed by atoms with Crippen molar-refractivity contribution in [1.29, 1.82) is 0 Å². The van der Waals surface area contributed by atoms with Crippen molar-refractivity contribution < 1.29 is 27.5 Å². The van der Waals surface area contributed by atoms with E-state index in [4.69, 9.17) is 0 Å². The number of carbonyl (C=O) groups excluding carboxylic acids is 1. The molecule has 3 aromatic rings. The average Bonchev–Trinajstić information content (AvgIpc) is 2.86. The summed E-state index contributed by atoms with van der Waals surface area (Å²) in [5.41, 5.74) is 3.07. The highest BCUT2D eigenvalue weighted by Crippen LogP contribution is 2.30. The molecule has 1 aliphatic heterocycles. The number of nitrogens with one attached hydrogen (secondary N) is 1. The number of phenolic OH excluding ortho intramolecular Hbond substituents is 1. The molecule has 5 nitrogen and oxygen atoms in total. The fraction of sp³-hybridized carbons (Fsp3) is 0.296. The number of anilines is 1. The lowest BCUT2D eigenvalue weighted by molar-refractivity contribution is -0.123. The van der Waals surface area contributed by atoms with E-state index in [2.05, 4.69) is 9.80 Å².